The van der Waals surface area contributed by atoms with E-state index < -0.39 is 12.0 Å². The third-order valence-electron chi connectivity index (χ3n) is 5.87. The summed E-state index contributed by atoms with van der Waals surface area (Å²) >= 11 is 0. The van der Waals surface area contributed by atoms with Gasteiger partial charge in [-0.05, 0) is 45.5 Å². The molecule has 0 aromatic carbocycles. The van der Waals surface area contributed by atoms with Crippen LogP contribution in [0.1, 0.15) is 51.9 Å². The number of carbonyl (C=O) groups is 1. The summed E-state index contributed by atoms with van der Waals surface area (Å²) in [6.45, 7) is 4.02. The number of aromatic nitrogens is 3. The molecule has 6 nitrogen and oxygen atoms in total. The highest BCUT2D eigenvalue weighted by Crippen LogP contribution is 2.37. The molecule has 1 fully saturated rings. The van der Waals surface area contributed by atoms with Gasteiger partial charge in [-0.25, -0.2) is 4.98 Å². The molecule has 28 heavy (non-hydrogen) atoms. The molecule has 0 atom stereocenters. The van der Waals surface area contributed by atoms with Gasteiger partial charge in [-0.15, -0.1) is 0 Å². The second-order valence-corrected chi connectivity index (χ2v) is 7.77. The van der Waals surface area contributed by atoms with Crippen molar-refractivity contribution in [1.29, 1.82) is 0 Å². The lowest BCUT2D eigenvalue weighted by molar-refractivity contribution is -0.147. The van der Waals surface area contributed by atoms with Crippen molar-refractivity contribution in [1.82, 2.24) is 24.3 Å². The summed E-state index contributed by atoms with van der Waals surface area (Å²) in [4.78, 5) is 23.6. The van der Waals surface area contributed by atoms with Gasteiger partial charge in [0, 0.05) is 31.4 Å². The van der Waals surface area contributed by atoms with Gasteiger partial charge in [0.2, 0.25) is 5.82 Å². The molecule has 1 N–H and O–H groups in total. The Morgan fingerprint density at radius 1 is 1.18 bits per heavy atom. The normalized spacial score (nSPS) is 19.1. The first-order valence-corrected chi connectivity index (χ1v) is 9.53. The number of piperidine rings is 1. The van der Waals surface area contributed by atoms with Crippen LogP contribution in [-0.2, 0) is 19.3 Å². The molecular formula is C19H24F3N5O. The third kappa shape index (κ3) is 3.32. The number of aromatic amines is 1. The fourth-order valence-electron chi connectivity index (χ4n) is 4.23. The first-order chi connectivity index (χ1) is 13.3. The summed E-state index contributed by atoms with van der Waals surface area (Å²) in [7, 11) is 2.01. The van der Waals surface area contributed by atoms with Crippen molar-refractivity contribution in [2.75, 3.05) is 26.7 Å². The number of aryl methyl sites for hydroxylation is 1. The molecule has 0 bridgehead atoms. The molecular weight excluding hydrogens is 371 g/mol. The number of H-pyrrole nitrogens is 1. The van der Waals surface area contributed by atoms with Gasteiger partial charge in [-0.2, -0.15) is 13.2 Å². The number of alkyl halides is 3. The Labute approximate surface area is 161 Å². The summed E-state index contributed by atoms with van der Waals surface area (Å²) in [5, 5.41) is 0. The summed E-state index contributed by atoms with van der Waals surface area (Å²) in [6, 6.07) is 0. The van der Waals surface area contributed by atoms with Gasteiger partial charge in [-0.1, -0.05) is 0 Å². The Morgan fingerprint density at radius 3 is 2.50 bits per heavy atom. The SMILES string of the molecule is Cc1c[nH]cc1C(=O)N1CCn2c(C(F)(F)F)nc(C3CCN(C)CC3)c2C1. The first kappa shape index (κ1) is 19.0. The molecule has 1 saturated heterocycles. The number of hydrogen-bond donors (Lipinski definition) is 1. The van der Waals surface area contributed by atoms with Crippen molar-refractivity contribution in [3.05, 3.63) is 40.7 Å². The number of carbonyl (C=O) groups excluding carboxylic acids is 1. The fourth-order valence-corrected chi connectivity index (χ4v) is 4.23. The van der Waals surface area contributed by atoms with Crippen LogP contribution in [-0.4, -0.2) is 56.9 Å². The smallest absolute Gasteiger partial charge is 0.367 e. The summed E-state index contributed by atoms with van der Waals surface area (Å²) in [5.74, 6) is -0.993. The van der Waals surface area contributed by atoms with Crippen molar-refractivity contribution in [3.63, 3.8) is 0 Å². The van der Waals surface area contributed by atoms with E-state index in [4.69, 9.17) is 0 Å². The first-order valence-electron chi connectivity index (χ1n) is 9.53. The van der Waals surface area contributed by atoms with Crippen LogP contribution in [0.5, 0.6) is 0 Å². The summed E-state index contributed by atoms with van der Waals surface area (Å²) in [5.41, 5.74) is 2.44. The van der Waals surface area contributed by atoms with Crippen LogP contribution < -0.4 is 0 Å². The van der Waals surface area contributed by atoms with Crippen LogP contribution in [0.4, 0.5) is 13.2 Å². The van der Waals surface area contributed by atoms with Crippen LogP contribution >= 0.6 is 0 Å². The van der Waals surface area contributed by atoms with Crippen molar-refractivity contribution >= 4 is 5.91 Å². The molecule has 4 rings (SSSR count). The molecule has 0 unspecified atom stereocenters. The molecule has 0 saturated carbocycles. The number of fused-ring (bicyclic) bond motifs is 1. The third-order valence-corrected chi connectivity index (χ3v) is 5.87. The van der Waals surface area contributed by atoms with E-state index in [-0.39, 0.29) is 31.5 Å². The number of nitrogens with zero attached hydrogens (tertiary/aromatic N) is 4. The van der Waals surface area contributed by atoms with Gasteiger partial charge in [0.1, 0.15) is 0 Å². The van der Waals surface area contributed by atoms with Crippen molar-refractivity contribution in [3.8, 4) is 0 Å². The minimum atomic E-state index is -4.50. The number of amides is 1. The van der Waals surface area contributed by atoms with Gasteiger partial charge in [0.25, 0.3) is 5.91 Å². The van der Waals surface area contributed by atoms with E-state index in [1.807, 2.05) is 14.0 Å². The van der Waals surface area contributed by atoms with E-state index in [0.29, 0.717) is 17.0 Å². The maximum atomic E-state index is 13.6. The highest BCUT2D eigenvalue weighted by atomic mass is 19.4. The van der Waals surface area contributed by atoms with Crippen molar-refractivity contribution in [2.24, 2.45) is 0 Å². The predicted molar refractivity (Wildman–Crippen MR) is 97.0 cm³/mol. The maximum absolute atomic E-state index is 13.6. The Kier molecular flexibility index (Phi) is 4.73. The van der Waals surface area contributed by atoms with Crippen LogP contribution in [0.25, 0.3) is 0 Å². The van der Waals surface area contributed by atoms with Crippen LogP contribution in [0.2, 0.25) is 0 Å². The number of halogens is 3. The van der Waals surface area contributed by atoms with E-state index in [1.54, 1.807) is 17.3 Å². The second-order valence-electron chi connectivity index (χ2n) is 7.77. The highest BCUT2D eigenvalue weighted by Gasteiger charge is 2.42. The van der Waals surface area contributed by atoms with E-state index in [0.717, 1.165) is 31.5 Å². The van der Waals surface area contributed by atoms with Crippen LogP contribution in [0.3, 0.4) is 0 Å². The topological polar surface area (TPSA) is 57.2 Å². The molecule has 152 valence electrons. The van der Waals surface area contributed by atoms with E-state index in [1.165, 1.54) is 4.57 Å². The number of nitrogens with one attached hydrogen (secondary N) is 1. The summed E-state index contributed by atoms with van der Waals surface area (Å²) < 4.78 is 42.0. The zero-order valence-corrected chi connectivity index (χ0v) is 16.0. The number of imidazole rings is 1. The molecule has 4 heterocycles. The Balaban J connectivity index is 1.68. The van der Waals surface area contributed by atoms with Gasteiger partial charge in [0.05, 0.1) is 23.5 Å². The van der Waals surface area contributed by atoms with Gasteiger partial charge < -0.3 is 19.4 Å². The lowest BCUT2D eigenvalue weighted by Gasteiger charge is -2.32. The van der Waals surface area contributed by atoms with Gasteiger partial charge in [0.15, 0.2) is 0 Å². The predicted octanol–water partition coefficient (Wildman–Crippen LogP) is 3.00. The maximum Gasteiger partial charge on any atom is 0.449 e. The van der Waals surface area contributed by atoms with E-state index in [9.17, 15) is 18.0 Å². The van der Waals surface area contributed by atoms with E-state index >= 15 is 0 Å². The average molecular weight is 395 g/mol. The molecule has 2 aliphatic heterocycles. The number of likely N-dealkylation sites (tertiary alicyclic amines) is 1. The average Bonchev–Trinajstić information content (AvgIpc) is 3.25. The Morgan fingerprint density at radius 2 is 1.89 bits per heavy atom. The lowest BCUT2D eigenvalue weighted by atomic mass is 9.92. The molecule has 2 aromatic rings. The molecule has 0 aliphatic carbocycles. The monoisotopic (exact) mass is 395 g/mol. The Hall–Kier alpha value is -2.29. The van der Waals surface area contributed by atoms with Gasteiger partial charge in [-0.3, -0.25) is 4.79 Å². The second kappa shape index (κ2) is 6.95. The minimum absolute atomic E-state index is 0.00223. The number of hydrogen-bond acceptors (Lipinski definition) is 3. The zero-order valence-electron chi connectivity index (χ0n) is 16.0. The quantitative estimate of drug-likeness (QED) is 0.851. The molecule has 2 aliphatic rings. The standard InChI is InChI=1S/C19H24F3N5O/c1-12-9-23-10-14(12)17(28)26-7-8-27-15(11-26)16(24-18(27)19(20,21)22)13-3-5-25(2)6-4-13/h9-10,13,23H,3-8,11H2,1-2H3. The fraction of sp³-hybridized carbons (Fsp3) is 0.579. The molecule has 2 aromatic heterocycles. The minimum Gasteiger partial charge on any atom is -0.367 e. The van der Waals surface area contributed by atoms with Crippen LogP contribution in [0.15, 0.2) is 12.4 Å². The highest BCUT2D eigenvalue weighted by molar-refractivity contribution is 5.95. The van der Waals surface area contributed by atoms with E-state index in [2.05, 4.69) is 14.9 Å². The largest absolute Gasteiger partial charge is 0.449 e. The molecule has 0 spiro atoms. The van der Waals surface area contributed by atoms with Crippen LogP contribution in [0, 0.1) is 6.92 Å². The zero-order chi connectivity index (χ0) is 20.1. The summed E-state index contributed by atoms with van der Waals surface area (Å²) in [6.07, 6.45) is 0.447. The molecule has 1 amide bonds. The molecule has 9 heteroatoms. The van der Waals surface area contributed by atoms with Crippen molar-refractivity contribution in [2.45, 2.75) is 44.9 Å². The molecule has 0 radical (unpaired) electrons. The lowest BCUT2D eigenvalue weighted by Crippen LogP contribution is -2.39. The van der Waals surface area contributed by atoms with Crippen molar-refractivity contribution < 1.29 is 18.0 Å². The Bertz CT molecular complexity index is 877. The van der Waals surface area contributed by atoms with Gasteiger partial charge >= 0.3 is 6.18 Å². The number of rotatable bonds is 2.